The van der Waals surface area contributed by atoms with Crippen molar-refractivity contribution in [1.29, 1.82) is 0 Å². The van der Waals surface area contributed by atoms with E-state index in [4.69, 9.17) is 0 Å². The number of imide groups is 1. The highest BCUT2D eigenvalue weighted by atomic mass is 127. The number of benzene rings is 1. The van der Waals surface area contributed by atoms with Crippen LogP contribution < -0.4 is 10.6 Å². The zero-order valence-electron chi connectivity index (χ0n) is 20.1. The fraction of sp³-hybridized carbons (Fsp3) is 0.577. The molecule has 0 radical (unpaired) electrons. The summed E-state index contributed by atoms with van der Waals surface area (Å²) in [6.07, 6.45) is 7.08. The number of hydrogen-bond acceptors (Lipinski definition) is 4. The van der Waals surface area contributed by atoms with Crippen LogP contribution in [0.3, 0.4) is 0 Å². The molecule has 2 bridgehead atoms. The largest absolute Gasteiger partial charge is 0.356 e. The number of rotatable bonds is 7. The first kappa shape index (κ1) is 25.2. The number of hydrogen-bond donors (Lipinski definition) is 2. The Labute approximate surface area is 219 Å². The predicted octanol–water partition coefficient (Wildman–Crippen LogP) is 2.41. The van der Waals surface area contributed by atoms with Crippen LogP contribution in [0.15, 0.2) is 41.4 Å². The molecule has 0 spiro atoms. The third-order valence-corrected chi connectivity index (χ3v) is 7.98. The average Bonchev–Trinajstić information content (AvgIpc) is 3.52. The smallest absolute Gasteiger partial charge is 0.233 e. The fourth-order valence-electron chi connectivity index (χ4n) is 6.12. The number of likely N-dealkylation sites (tertiary alicyclic amines) is 1. The molecule has 184 valence electrons. The Kier molecular flexibility index (Phi) is 7.97. The van der Waals surface area contributed by atoms with E-state index in [1.54, 1.807) is 7.05 Å². The van der Waals surface area contributed by atoms with E-state index in [1.165, 1.54) is 16.0 Å². The maximum Gasteiger partial charge on any atom is 0.233 e. The van der Waals surface area contributed by atoms with Gasteiger partial charge >= 0.3 is 0 Å². The van der Waals surface area contributed by atoms with Gasteiger partial charge in [-0.1, -0.05) is 36.4 Å². The van der Waals surface area contributed by atoms with Crippen LogP contribution in [0.5, 0.6) is 0 Å². The molecule has 1 saturated carbocycles. The van der Waals surface area contributed by atoms with E-state index in [1.807, 2.05) is 0 Å². The van der Waals surface area contributed by atoms with Gasteiger partial charge in [-0.05, 0) is 49.1 Å². The zero-order valence-corrected chi connectivity index (χ0v) is 22.4. The second-order valence-corrected chi connectivity index (χ2v) is 9.90. The molecule has 5 atom stereocenters. The van der Waals surface area contributed by atoms with Gasteiger partial charge in [-0.3, -0.25) is 24.4 Å². The number of carbonyl (C=O) groups is 2. The standard InChI is InChI=1S/C26H35N5O2.HI/c1-17(30-13-10-18-6-3-4-7-21(18)16-30)15-29-26(27-2)28-11-5-12-31-24(32)22-19-8-9-20(14-19)23(22)25(31)33;/h3-4,6-9,17,19-20,22-23H,5,10-16H2,1-2H3,(H2,27,28,29);1H. The van der Waals surface area contributed by atoms with Crippen LogP contribution in [0.25, 0.3) is 0 Å². The molecular weight excluding hydrogens is 541 g/mol. The maximum absolute atomic E-state index is 12.8. The van der Waals surface area contributed by atoms with E-state index in [-0.39, 0.29) is 59.5 Å². The van der Waals surface area contributed by atoms with Crippen molar-refractivity contribution in [3.63, 3.8) is 0 Å². The molecule has 0 aromatic heterocycles. The topological polar surface area (TPSA) is 77.0 Å². The molecule has 2 aliphatic carbocycles. The molecule has 2 N–H and O–H groups in total. The Balaban J connectivity index is 0.00000274. The van der Waals surface area contributed by atoms with Crippen LogP contribution in [0, 0.1) is 23.7 Å². The molecule has 1 saturated heterocycles. The van der Waals surface area contributed by atoms with Crippen molar-refractivity contribution < 1.29 is 9.59 Å². The lowest BCUT2D eigenvalue weighted by molar-refractivity contribution is -0.140. The van der Waals surface area contributed by atoms with Gasteiger partial charge in [0.1, 0.15) is 0 Å². The lowest BCUT2D eigenvalue weighted by atomic mass is 9.85. The summed E-state index contributed by atoms with van der Waals surface area (Å²) in [5.74, 6) is 1.20. The van der Waals surface area contributed by atoms with Crippen molar-refractivity contribution in [2.75, 3.05) is 33.2 Å². The number of fused-ring (bicyclic) bond motifs is 6. The van der Waals surface area contributed by atoms with Gasteiger partial charge in [0.25, 0.3) is 0 Å². The average molecular weight is 578 g/mol. The Morgan fingerprint density at radius 3 is 2.44 bits per heavy atom. The van der Waals surface area contributed by atoms with Crippen molar-refractivity contribution in [1.82, 2.24) is 20.4 Å². The van der Waals surface area contributed by atoms with Gasteiger partial charge in [0.05, 0.1) is 11.8 Å². The number of nitrogens with zero attached hydrogens (tertiary/aromatic N) is 3. The summed E-state index contributed by atoms with van der Waals surface area (Å²) < 4.78 is 0. The van der Waals surface area contributed by atoms with E-state index in [0.717, 1.165) is 44.9 Å². The van der Waals surface area contributed by atoms with E-state index in [2.05, 4.69) is 63.9 Å². The highest BCUT2D eigenvalue weighted by Crippen LogP contribution is 2.52. The minimum absolute atomic E-state index is 0. The molecule has 1 aromatic carbocycles. The van der Waals surface area contributed by atoms with E-state index >= 15 is 0 Å². The summed E-state index contributed by atoms with van der Waals surface area (Å²) in [7, 11) is 1.77. The minimum atomic E-state index is -0.0990. The van der Waals surface area contributed by atoms with E-state index in [0.29, 0.717) is 19.1 Å². The number of nitrogens with one attached hydrogen (secondary N) is 2. The van der Waals surface area contributed by atoms with Crippen LogP contribution in [0.2, 0.25) is 0 Å². The predicted molar refractivity (Wildman–Crippen MR) is 144 cm³/mol. The first-order chi connectivity index (χ1) is 16.1. The number of allylic oxidation sites excluding steroid dienone is 2. The molecule has 8 heteroatoms. The van der Waals surface area contributed by atoms with Gasteiger partial charge in [-0.15, -0.1) is 24.0 Å². The monoisotopic (exact) mass is 577 g/mol. The molecule has 2 heterocycles. The summed E-state index contributed by atoms with van der Waals surface area (Å²) in [6.45, 7) is 6.27. The number of aliphatic imine (C=N–C) groups is 1. The summed E-state index contributed by atoms with van der Waals surface area (Å²) >= 11 is 0. The Bertz CT molecular complexity index is 950. The maximum atomic E-state index is 12.8. The molecule has 2 aliphatic heterocycles. The fourth-order valence-corrected chi connectivity index (χ4v) is 6.12. The van der Waals surface area contributed by atoms with Crippen LogP contribution in [0.4, 0.5) is 0 Å². The van der Waals surface area contributed by atoms with Crippen LogP contribution in [0.1, 0.15) is 30.9 Å². The quantitative estimate of drug-likeness (QED) is 0.130. The number of amides is 2. The highest BCUT2D eigenvalue weighted by Gasteiger charge is 2.58. The zero-order chi connectivity index (χ0) is 22.9. The van der Waals surface area contributed by atoms with Gasteiger partial charge < -0.3 is 10.6 Å². The third-order valence-electron chi connectivity index (χ3n) is 7.98. The Hall–Kier alpha value is -1.94. The van der Waals surface area contributed by atoms with Crippen molar-refractivity contribution in [2.45, 2.75) is 38.8 Å². The molecule has 1 aromatic rings. The number of carbonyl (C=O) groups excluding carboxylic acids is 2. The third kappa shape index (κ3) is 4.76. The van der Waals surface area contributed by atoms with Crippen molar-refractivity contribution >= 4 is 41.8 Å². The summed E-state index contributed by atoms with van der Waals surface area (Å²) in [4.78, 5) is 33.9. The van der Waals surface area contributed by atoms with Crippen LogP contribution >= 0.6 is 24.0 Å². The SMILES string of the molecule is CN=C(NCCCN1C(=O)C2C3C=CC(C3)C2C1=O)NCC(C)N1CCc2ccccc2C1.I. The lowest BCUT2D eigenvalue weighted by Crippen LogP contribution is -2.47. The normalized spacial score (nSPS) is 28.5. The molecular formula is C26H36IN5O2. The van der Waals surface area contributed by atoms with Crippen LogP contribution in [-0.4, -0.2) is 66.8 Å². The second kappa shape index (κ2) is 10.8. The number of guanidine groups is 1. The molecule has 7 nitrogen and oxygen atoms in total. The Morgan fingerprint density at radius 1 is 1.09 bits per heavy atom. The molecule has 5 unspecified atom stereocenters. The molecule has 2 fully saturated rings. The van der Waals surface area contributed by atoms with Gasteiger partial charge in [-0.25, -0.2) is 0 Å². The highest BCUT2D eigenvalue weighted by molar-refractivity contribution is 14.0. The van der Waals surface area contributed by atoms with Gasteiger partial charge in [0.2, 0.25) is 11.8 Å². The van der Waals surface area contributed by atoms with Crippen molar-refractivity contribution in [3.8, 4) is 0 Å². The van der Waals surface area contributed by atoms with E-state index in [9.17, 15) is 9.59 Å². The lowest BCUT2D eigenvalue weighted by Gasteiger charge is -2.34. The van der Waals surface area contributed by atoms with Crippen LogP contribution in [-0.2, 0) is 22.6 Å². The molecule has 4 aliphatic rings. The summed E-state index contributed by atoms with van der Waals surface area (Å²) in [6, 6.07) is 9.09. The first-order valence-corrected chi connectivity index (χ1v) is 12.4. The summed E-state index contributed by atoms with van der Waals surface area (Å²) in [5, 5.41) is 6.77. The van der Waals surface area contributed by atoms with Crippen molar-refractivity contribution in [2.24, 2.45) is 28.7 Å². The first-order valence-electron chi connectivity index (χ1n) is 12.4. The second-order valence-electron chi connectivity index (χ2n) is 9.90. The van der Waals surface area contributed by atoms with E-state index < -0.39 is 0 Å². The molecule has 2 amide bonds. The number of halogens is 1. The van der Waals surface area contributed by atoms with Gasteiger partial charge in [0, 0.05) is 45.8 Å². The molecule has 34 heavy (non-hydrogen) atoms. The van der Waals surface area contributed by atoms with Gasteiger partial charge in [0.15, 0.2) is 5.96 Å². The Morgan fingerprint density at radius 2 is 1.76 bits per heavy atom. The van der Waals surface area contributed by atoms with Gasteiger partial charge in [-0.2, -0.15) is 0 Å². The summed E-state index contributed by atoms with van der Waals surface area (Å²) in [5.41, 5.74) is 2.89. The minimum Gasteiger partial charge on any atom is -0.356 e. The van der Waals surface area contributed by atoms with Crippen molar-refractivity contribution in [3.05, 3.63) is 47.5 Å². The molecule has 5 rings (SSSR count).